The first kappa shape index (κ1) is 30.0. The minimum Gasteiger partial charge on any atom is -0.472 e. The number of likely N-dealkylation sites (tertiary alicyclic amines) is 1. The van der Waals surface area contributed by atoms with Gasteiger partial charge in [-0.2, -0.15) is 0 Å². The highest BCUT2D eigenvalue weighted by atomic mass is 16.5. The number of azo groups is 2. The minimum absolute atomic E-state index is 0.0518. The molecule has 44 heavy (non-hydrogen) atoms. The van der Waals surface area contributed by atoms with Crippen LogP contribution in [0, 0.1) is 24.3 Å². The quantitative estimate of drug-likeness (QED) is 0.243. The van der Waals surface area contributed by atoms with E-state index in [0.29, 0.717) is 67.1 Å². The summed E-state index contributed by atoms with van der Waals surface area (Å²) in [5.74, 6) is 1.45. The molecule has 1 saturated heterocycles. The van der Waals surface area contributed by atoms with Crippen LogP contribution < -0.4 is 0 Å². The maximum Gasteiger partial charge on any atom is 0.289 e. The summed E-state index contributed by atoms with van der Waals surface area (Å²) in [6, 6.07) is 0.507. The number of hydrogen-bond donors (Lipinski definition) is 0. The third-order valence-electron chi connectivity index (χ3n) is 9.11. The number of carbonyl (C=O) groups excluding carboxylic acids is 2. The van der Waals surface area contributed by atoms with Gasteiger partial charge in [-0.25, -0.2) is 0 Å². The largest absolute Gasteiger partial charge is 0.472 e. The molecule has 1 saturated carbocycles. The molecule has 2 unspecified atom stereocenters. The predicted molar refractivity (Wildman–Crippen MR) is 171 cm³/mol. The molecule has 2 fully saturated rings. The third kappa shape index (κ3) is 5.53. The number of hydrogen-bond acceptors (Lipinski definition) is 5. The number of allylic oxidation sites excluding steroid dienone is 7. The van der Waals surface area contributed by atoms with Gasteiger partial charge in [0.05, 0.1) is 36.2 Å². The van der Waals surface area contributed by atoms with Crippen LogP contribution in [0.1, 0.15) is 39.0 Å². The highest BCUT2D eigenvalue weighted by Crippen LogP contribution is 2.43. The second-order valence-electron chi connectivity index (χ2n) is 11.6. The van der Waals surface area contributed by atoms with E-state index < -0.39 is 6.04 Å². The van der Waals surface area contributed by atoms with Crippen LogP contribution in [-0.2, 0) is 14.3 Å². The summed E-state index contributed by atoms with van der Waals surface area (Å²) >= 11 is 0. The molecule has 223 valence electrons. The number of amides is 2. The summed E-state index contributed by atoms with van der Waals surface area (Å²) in [7, 11) is 6.21. The standard InChI is InChI=1S/C35H38BN5O3/c1-4-7-11-31(42)39-20-21-44-34-32-29(41(38-34)25-14-12-24(13-15-25)23-9-8-10-23)18-19-40(30(32)22-39)35(43)27-16-17-28(36)26(5-2)33(27)37-6-3/h5-7,11-17,23,25,30H,2-4,8-10,18-22H2,1H3/q+1/b11-7+,37-33?. The normalized spacial score (nSPS) is 27.1. The molecule has 0 aromatic rings. The Morgan fingerprint density at radius 1 is 1.23 bits per heavy atom. The molecule has 0 N–H and O–H groups in total. The van der Waals surface area contributed by atoms with Crippen molar-refractivity contribution < 1.29 is 19.0 Å². The van der Waals surface area contributed by atoms with E-state index in [9.17, 15) is 9.59 Å². The van der Waals surface area contributed by atoms with Crippen molar-refractivity contribution in [1.29, 1.82) is 0 Å². The number of aliphatic imine (C=N–C) groups is 1. The van der Waals surface area contributed by atoms with Crippen LogP contribution >= 0.6 is 0 Å². The Hall–Kier alpha value is -4.01. The maximum atomic E-state index is 14.4. The van der Waals surface area contributed by atoms with Gasteiger partial charge in [0, 0.05) is 30.8 Å². The van der Waals surface area contributed by atoms with Crippen LogP contribution in [-0.4, -0.2) is 78.2 Å². The summed E-state index contributed by atoms with van der Waals surface area (Å²) in [5, 5.41) is 4.98. The molecule has 6 rings (SSSR count). The van der Waals surface area contributed by atoms with Gasteiger partial charge in [-0.05, 0) is 49.0 Å². The van der Waals surface area contributed by atoms with Crippen LogP contribution in [0.25, 0.3) is 0 Å². The zero-order chi connectivity index (χ0) is 30.8. The number of piperidine rings is 1. The smallest absolute Gasteiger partial charge is 0.289 e. The van der Waals surface area contributed by atoms with E-state index in [0.717, 1.165) is 18.0 Å². The topological polar surface area (TPSA) is 77.6 Å². The van der Waals surface area contributed by atoms with Gasteiger partial charge >= 0.3 is 0 Å². The van der Waals surface area contributed by atoms with Gasteiger partial charge in [0.1, 0.15) is 20.0 Å². The lowest BCUT2D eigenvalue weighted by atomic mass is 9.75. The van der Waals surface area contributed by atoms with Crippen LogP contribution in [0.2, 0.25) is 0 Å². The fraction of sp³-hybridized carbons (Fsp3) is 0.371. The van der Waals surface area contributed by atoms with Crippen LogP contribution in [0.15, 0.2) is 106 Å². The van der Waals surface area contributed by atoms with E-state index >= 15 is 0 Å². The SMILES string of the molecule is [B]C1=CC=C(C(=O)N2CC[C]3C4=C(N=[N+]3C3[CH]C=C(C5CCC5)C=C3)OCCN(C(=O)/C=C/CC)CC42)C(=NC=C)[C]1C=C. The maximum absolute atomic E-state index is 14.4. The van der Waals surface area contributed by atoms with Gasteiger partial charge in [-0.15, -0.1) is 12.1 Å². The summed E-state index contributed by atoms with van der Waals surface area (Å²) in [5.41, 5.74) is 3.55. The first-order valence-electron chi connectivity index (χ1n) is 15.6. The zero-order valence-corrected chi connectivity index (χ0v) is 25.3. The van der Waals surface area contributed by atoms with Crippen molar-refractivity contribution in [3.05, 3.63) is 114 Å². The molecule has 0 spiro atoms. The molecule has 8 nitrogen and oxygen atoms in total. The minimum atomic E-state index is -0.468. The monoisotopic (exact) mass is 587 g/mol. The summed E-state index contributed by atoms with van der Waals surface area (Å²) in [6.45, 7) is 11.1. The molecule has 3 aliphatic heterocycles. The highest BCUT2D eigenvalue weighted by molar-refractivity contribution is 6.37. The van der Waals surface area contributed by atoms with Gasteiger partial charge < -0.3 is 14.5 Å². The van der Waals surface area contributed by atoms with Gasteiger partial charge in [0.25, 0.3) is 17.8 Å². The van der Waals surface area contributed by atoms with E-state index in [1.54, 1.807) is 29.2 Å². The molecule has 6 aliphatic rings. The van der Waals surface area contributed by atoms with E-state index in [1.807, 2.05) is 22.6 Å². The first-order chi connectivity index (χ1) is 21.4. The van der Waals surface area contributed by atoms with E-state index in [2.05, 4.69) is 42.8 Å². The van der Waals surface area contributed by atoms with Gasteiger partial charge in [-0.3, -0.25) is 14.6 Å². The summed E-state index contributed by atoms with van der Waals surface area (Å²) in [6.07, 6.45) is 23.9. The van der Waals surface area contributed by atoms with E-state index in [1.165, 1.54) is 31.0 Å². The lowest BCUT2D eigenvalue weighted by Crippen LogP contribution is -2.56. The highest BCUT2D eigenvalue weighted by Gasteiger charge is 2.54. The number of ether oxygens (including phenoxy) is 1. The Labute approximate surface area is 261 Å². The predicted octanol–water partition coefficient (Wildman–Crippen LogP) is 4.84. The van der Waals surface area contributed by atoms with Gasteiger partial charge in [-0.1, -0.05) is 55.0 Å². The fourth-order valence-electron chi connectivity index (χ4n) is 6.56. The Morgan fingerprint density at radius 2 is 2.07 bits per heavy atom. The van der Waals surface area contributed by atoms with Gasteiger partial charge in [0.15, 0.2) is 0 Å². The third-order valence-corrected chi connectivity index (χ3v) is 9.11. The number of rotatable bonds is 7. The van der Waals surface area contributed by atoms with E-state index in [-0.39, 0.29) is 17.9 Å². The Kier molecular flexibility index (Phi) is 8.82. The van der Waals surface area contributed by atoms with Crippen molar-refractivity contribution in [3.63, 3.8) is 0 Å². The second-order valence-corrected chi connectivity index (χ2v) is 11.6. The Balaban J connectivity index is 1.33. The fourth-order valence-corrected chi connectivity index (χ4v) is 6.56. The summed E-state index contributed by atoms with van der Waals surface area (Å²) < 4.78 is 8.30. The van der Waals surface area contributed by atoms with E-state index in [4.69, 9.17) is 17.7 Å². The van der Waals surface area contributed by atoms with Crippen LogP contribution in [0.4, 0.5) is 0 Å². The molecule has 3 heterocycles. The van der Waals surface area contributed by atoms with Crippen LogP contribution in [0.3, 0.4) is 0 Å². The van der Waals surface area contributed by atoms with Crippen molar-refractivity contribution in [3.8, 4) is 0 Å². The van der Waals surface area contributed by atoms with Crippen molar-refractivity contribution in [1.82, 2.24) is 9.80 Å². The molecule has 9 heteroatoms. The molecule has 2 atom stereocenters. The second kappa shape index (κ2) is 12.9. The molecule has 5 radical (unpaired) electrons. The van der Waals surface area contributed by atoms with Crippen molar-refractivity contribution in [2.45, 2.75) is 51.1 Å². The van der Waals surface area contributed by atoms with Crippen LogP contribution in [0.5, 0.6) is 0 Å². The number of carbonyl (C=O) groups is 2. The zero-order valence-electron chi connectivity index (χ0n) is 25.3. The lowest BCUT2D eigenvalue weighted by Gasteiger charge is -2.41. The molecule has 0 bridgehead atoms. The van der Waals surface area contributed by atoms with Crippen molar-refractivity contribution in [2.24, 2.45) is 16.0 Å². The average Bonchev–Trinajstić information content (AvgIpc) is 3.36. The van der Waals surface area contributed by atoms with Crippen molar-refractivity contribution in [2.75, 3.05) is 26.2 Å². The van der Waals surface area contributed by atoms with Gasteiger partial charge in [0.2, 0.25) is 11.9 Å². The molecular formula is C35H38BN5O3+. The first-order valence-corrected chi connectivity index (χ1v) is 15.6. The molecule has 2 amide bonds. The van der Waals surface area contributed by atoms with Crippen molar-refractivity contribution >= 4 is 25.4 Å². The molecule has 0 aromatic carbocycles. The summed E-state index contributed by atoms with van der Waals surface area (Å²) in [4.78, 5) is 35.7. The average molecular weight is 588 g/mol. The molecular weight excluding hydrogens is 549 g/mol. The Bertz CT molecular complexity index is 1490. The number of nitrogens with zero attached hydrogens (tertiary/aromatic N) is 5. The Morgan fingerprint density at radius 3 is 2.75 bits per heavy atom. The lowest BCUT2D eigenvalue weighted by molar-refractivity contribution is -0.588. The molecule has 3 aliphatic carbocycles. The molecule has 0 aromatic heterocycles.